The van der Waals surface area contributed by atoms with Crippen molar-refractivity contribution in [1.29, 1.82) is 5.41 Å². The smallest absolute Gasteiger partial charge is 0.117 e. The number of amidine groups is 1. The van der Waals surface area contributed by atoms with Crippen LogP contribution in [-0.2, 0) is 0 Å². The van der Waals surface area contributed by atoms with E-state index in [2.05, 4.69) is 11.6 Å². The highest BCUT2D eigenvalue weighted by Gasteiger charge is 1.91. The van der Waals surface area contributed by atoms with Crippen LogP contribution < -0.4 is 0 Å². The van der Waals surface area contributed by atoms with E-state index in [1.165, 1.54) is 0 Å². The second-order valence-electron chi connectivity index (χ2n) is 3.06. The van der Waals surface area contributed by atoms with Crippen molar-refractivity contribution in [2.45, 2.75) is 6.92 Å². The van der Waals surface area contributed by atoms with E-state index in [1.54, 1.807) is 13.1 Å². The van der Waals surface area contributed by atoms with Gasteiger partial charge in [-0.1, -0.05) is 43.0 Å². The molecular weight excluding hydrogens is 184 g/mol. The topological polar surface area (TPSA) is 36.2 Å². The van der Waals surface area contributed by atoms with Crippen LogP contribution in [0.15, 0.2) is 41.9 Å². The number of benzene rings is 1. The molecule has 0 aliphatic heterocycles. The SMILES string of the molecule is C=Cc1ccccc1/C=C/C=NC(C)=N. The molecule has 0 aliphatic carbocycles. The first kappa shape index (κ1) is 11.1. The summed E-state index contributed by atoms with van der Waals surface area (Å²) < 4.78 is 0. The Balaban J connectivity index is 2.80. The fraction of sp³-hybridized carbons (Fsp3) is 0.0769. The van der Waals surface area contributed by atoms with E-state index in [-0.39, 0.29) is 0 Å². The first-order valence-electron chi connectivity index (χ1n) is 4.71. The van der Waals surface area contributed by atoms with Crippen LogP contribution in [0.5, 0.6) is 0 Å². The van der Waals surface area contributed by atoms with E-state index in [1.807, 2.05) is 42.5 Å². The van der Waals surface area contributed by atoms with Crippen LogP contribution in [0, 0.1) is 5.41 Å². The minimum Gasteiger partial charge on any atom is -0.287 e. The van der Waals surface area contributed by atoms with Gasteiger partial charge in [0.1, 0.15) is 5.84 Å². The molecule has 0 saturated heterocycles. The summed E-state index contributed by atoms with van der Waals surface area (Å²) in [4.78, 5) is 3.84. The molecule has 1 aromatic carbocycles. The van der Waals surface area contributed by atoms with Crippen molar-refractivity contribution >= 4 is 24.2 Å². The number of nitrogens with zero attached hydrogens (tertiary/aromatic N) is 1. The molecule has 76 valence electrons. The zero-order valence-electron chi connectivity index (χ0n) is 8.77. The number of hydrogen-bond acceptors (Lipinski definition) is 1. The quantitative estimate of drug-likeness (QED) is 0.570. The maximum atomic E-state index is 7.11. The van der Waals surface area contributed by atoms with E-state index in [9.17, 15) is 0 Å². The van der Waals surface area contributed by atoms with Crippen molar-refractivity contribution in [1.82, 2.24) is 0 Å². The average molecular weight is 198 g/mol. The molecule has 0 unspecified atom stereocenters. The van der Waals surface area contributed by atoms with Gasteiger partial charge in [0, 0.05) is 6.21 Å². The lowest BCUT2D eigenvalue weighted by molar-refractivity contribution is 1.42. The largest absolute Gasteiger partial charge is 0.287 e. The van der Waals surface area contributed by atoms with Gasteiger partial charge in [0.25, 0.3) is 0 Å². The second-order valence-corrected chi connectivity index (χ2v) is 3.06. The molecule has 0 radical (unpaired) electrons. The van der Waals surface area contributed by atoms with E-state index in [0.717, 1.165) is 11.1 Å². The standard InChI is InChI=1S/C13H14N2/c1-3-12-7-4-5-8-13(12)9-6-10-15-11(2)14/h3-10,14H,1H2,2H3/b9-6+,14-11?,15-10?. The number of aliphatic imine (C=N–C) groups is 1. The third-order valence-corrected chi connectivity index (χ3v) is 1.85. The molecule has 1 aromatic rings. The van der Waals surface area contributed by atoms with Gasteiger partial charge >= 0.3 is 0 Å². The summed E-state index contributed by atoms with van der Waals surface area (Å²) in [5.41, 5.74) is 2.19. The van der Waals surface area contributed by atoms with Crippen LogP contribution in [0.1, 0.15) is 18.1 Å². The highest BCUT2D eigenvalue weighted by atomic mass is 14.8. The Labute approximate surface area is 90.2 Å². The van der Waals surface area contributed by atoms with Crippen molar-refractivity contribution in [3.05, 3.63) is 48.0 Å². The maximum Gasteiger partial charge on any atom is 0.117 e. The van der Waals surface area contributed by atoms with Crippen LogP contribution in [0.2, 0.25) is 0 Å². The fourth-order valence-corrected chi connectivity index (χ4v) is 1.15. The Morgan fingerprint density at radius 3 is 2.60 bits per heavy atom. The van der Waals surface area contributed by atoms with Crippen LogP contribution >= 0.6 is 0 Å². The van der Waals surface area contributed by atoms with Crippen molar-refractivity contribution < 1.29 is 0 Å². The Bertz CT molecular complexity index is 414. The van der Waals surface area contributed by atoms with E-state index in [4.69, 9.17) is 5.41 Å². The van der Waals surface area contributed by atoms with E-state index < -0.39 is 0 Å². The number of hydrogen-bond donors (Lipinski definition) is 1. The van der Waals surface area contributed by atoms with Crippen LogP contribution in [-0.4, -0.2) is 12.1 Å². The van der Waals surface area contributed by atoms with Crippen molar-refractivity contribution in [2.75, 3.05) is 0 Å². The lowest BCUT2D eigenvalue weighted by Gasteiger charge is -1.97. The normalized spacial score (nSPS) is 11.0. The molecule has 0 aliphatic rings. The minimum atomic E-state index is 0.302. The zero-order chi connectivity index (χ0) is 11.1. The van der Waals surface area contributed by atoms with Gasteiger partial charge in [0.05, 0.1) is 0 Å². The second kappa shape index (κ2) is 5.70. The summed E-state index contributed by atoms with van der Waals surface area (Å²) in [6.45, 7) is 5.39. The Morgan fingerprint density at radius 2 is 2.00 bits per heavy atom. The molecule has 2 nitrogen and oxygen atoms in total. The third-order valence-electron chi connectivity index (χ3n) is 1.85. The summed E-state index contributed by atoms with van der Waals surface area (Å²) in [6, 6.07) is 7.97. The average Bonchev–Trinajstić information content (AvgIpc) is 2.24. The monoisotopic (exact) mass is 198 g/mol. The Hall–Kier alpha value is -1.96. The first-order chi connectivity index (χ1) is 7.24. The summed E-state index contributed by atoms with van der Waals surface area (Å²) in [5.74, 6) is 0.302. The van der Waals surface area contributed by atoms with Gasteiger partial charge in [-0.25, -0.2) is 4.99 Å². The Kier molecular flexibility index (Phi) is 4.23. The molecule has 0 heterocycles. The highest BCUT2D eigenvalue weighted by Crippen LogP contribution is 2.11. The molecule has 0 fully saturated rings. The molecule has 15 heavy (non-hydrogen) atoms. The molecule has 0 bridgehead atoms. The number of nitrogens with one attached hydrogen (secondary N) is 1. The number of rotatable bonds is 3. The maximum absolute atomic E-state index is 7.11. The molecule has 0 spiro atoms. The molecule has 0 aromatic heterocycles. The molecule has 0 amide bonds. The molecular formula is C13H14N2. The highest BCUT2D eigenvalue weighted by molar-refractivity contribution is 5.91. The summed E-state index contributed by atoms with van der Waals surface area (Å²) in [5, 5.41) is 7.11. The summed E-state index contributed by atoms with van der Waals surface area (Å²) in [7, 11) is 0. The van der Waals surface area contributed by atoms with Crippen molar-refractivity contribution in [2.24, 2.45) is 4.99 Å². The fourth-order valence-electron chi connectivity index (χ4n) is 1.15. The van der Waals surface area contributed by atoms with Gasteiger partial charge in [0.2, 0.25) is 0 Å². The van der Waals surface area contributed by atoms with Gasteiger partial charge in [-0.3, -0.25) is 5.41 Å². The summed E-state index contributed by atoms with van der Waals surface area (Å²) in [6.07, 6.45) is 7.20. The molecule has 1 N–H and O–H groups in total. The molecule has 1 rings (SSSR count). The summed E-state index contributed by atoms with van der Waals surface area (Å²) >= 11 is 0. The molecule has 2 heteroatoms. The third kappa shape index (κ3) is 3.73. The van der Waals surface area contributed by atoms with Gasteiger partial charge < -0.3 is 0 Å². The van der Waals surface area contributed by atoms with Crippen LogP contribution in [0.4, 0.5) is 0 Å². The molecule has 0 atom stereocenters. The van der Waals surface area contributed by atoms with E-state index in [0.29, 0.717) is 5.84 Å². The van der Waals surface area contributed by atoms with Crippen molar-refractivity contribution in [3.8, 4) is 0 Å². The minimum absolute atomic E-state index is 0.302. The van der Waals surface area contributed by atoms with E-state index >= 15 is 0 Å². The van der Waals surface area contributed by atoms with Gasteiger partial charge in [0.15, 0.2) is 0 Å². The predicted molar refractivity (Wildman–Crippen MR) is 67.5 cm³/mol. The number of allylic oxidation sites excluding steroid dienone is 1. The predicted octanol–water partition coefficient (Wildman–Crippen LogP) is 3.41. The lowest BCUT2D eigenvalue weighted by Crippen LogP contribution is -1.81. The Morgan fingerprint density at radius 1 is 1.33 bits per heavy atom. The van der Waals surface area contributed by atoms with Gasteiger partial charge in [-0.2, -0.15) is 0 Å². The molecule has 0 saturated carbocycles. The first-order valence-corrected chi connectivity index (χ1v) is 4.71. The van der Waals surface area contributed by atoms with Crippen LogP contribution in [0.25, 0.3) is 12.2 Å². The van der Waals surface area contributed by atoms with Crippen molar-refractivity contribution in [3.63, 3.8) is 0 Å². The lowest BCUT2D eigenvalue weighted by atomic mass is 10.1. The van der Waals surface area contributed by atoms with Crippen LogP contribution in [0.3, 0.4) is 0 Å². The van der Waals surface area contributed by atoms with Gasteiger partial charge in [-0.15, -0.1) is 0 Å². The zero-order valence-corrected chi connectivity index (χ0v) is 8.77. The van der Waals surface area contributed by atoms with Gasteiger partial charge in [-0.05, 0) is 24.1 Å².